The van der Waals surface area contributed by atoms with Crippen molar-refractivity contribution in [3.63, 3.8) is 0 Å². The van der Waals surface area contributed by atoms with E-state index >= 15 is 0 Å². The van der Waals surface area contributed by atoms with Crippen LogP contribution in [-0.2, 0) is 0 Å². The first kappa shape index (κ1) is 15.8. The highest BCUT2D eigenvalue weighted by Gasteiger charge is 2.22. The fourth-order valence-electron chi connectivity index (χ4n) is 2.74. The van der Waals surface area contributed by atoms with Crippen LogP contribution >= 0.6 is 0 Å². The number of hydrogen-bond acceptors (Lipinski definition) is 5. The Kier molecular flexibility index (Phi) is 5.17. The van der Waals surface area contributed by atoms with Gasteiger partial charge >= 0.3 is 5.76 Å². The fraction of sp³-hybridized carbons (Fsp3) is 0.786. The minimum Gasteiger partial charge on any atom is -0.339 e. The maximum absolute atomic E-state index is 12.0. The third-order valence-corrected chi connectivity index (χ3v) is 4.24. The van der Waals surface area contributed by atoms with Crippen LogP contribution in [0.5, 0.6) is 0 Å². The zero-order valence-electron chi connectivity index (χ0n) is 13.0. The number of amides is 1. The van der Waals surface area contributed by atoms with Crippen molar-refractivity contribution in [2.75, 3.05) is 26.7 Å². The molecule has 2 heterocycles. The van der Waals surface area contributed by atoms with Crippen molar-refractivity contribution in [1.29, 1.82) is 0 Å². The van der Waals surface area contributed by atoms with Gasteiger partial charge in [-0.1, -0.05) is 0 Å². The van der Waals surface area contributed by atoms with Gasteiger partial charge in [0.05, 0.1) is 0 Å². The number of rotatable bonds is 5. The van der Waals surface area contributed by atoms with Crippen LogP contribution in [0.4, 0.5) is 0 Å². The lowest BCUT2D eigenvalue weighted by atomic mass is 9.93. The number of carbonyl (C=O) groups excluding carboxylic acids is 1. The van der Waals surface area contributed by atoms with Crippen molar-refractivity contribution < 1.29 is 9.32 Å². The molecule has 0 aromatic carbocycles. The molecule has 2 rings (SSSR count). The number of hydrogen-bond donors (Lipinski definition) is 1. The zero-order valence-corrected chi connectivity index (χ0v) is 13.0. The first-order valence-corrected chi connectivity index (χ1v) is 7.53. The second kappa shape index (κ2) is 6.89. The van der Waals surface area contributed by atoms with E-state index in [0.29, 0.717) is 18.5 Å². The number of nitrogens with one attached hydrogen (secondary N) is 1. The summed E-state index contributed by atoms with van der Waals surface area (Å²) in [4.78, 5) is 29.2. The summed E-state index contributed by atoms with van der Waals surface area (Å²) in [5, 5.41) is 3.42. The monoisotopic (exact) mass is 296 g/mol. The van der Waals surface area contributed by atoms with Crippen LogP contribution in [0.1, 0.15) is 43.7 Å². The molecule has 1 aliphatic heterocycles. The molecule has 7 heteroatoms. The number of likely N-dealkylation sites (tertiary alicyclic amines) is 1. The molecule has 1 saturated heterocycles. The molecular weight excluding hydrogens is 272 g/mol. The minimum absolute atomic E-state index is 0.0304. The van der Waals surface area contributed by atoms with Crippen LogP contribution in [0.2, 0.25) is 0 Å². The molecule has 0 unspecified atom stereocenters. The van der Waals surface area contributed by atoms with Crippen molar-refractivity contribution in [1.82, 2.24) is 19.9 Å². The third kappa shape index (κ3) is 4.17. The van der Waals surface area contributed by atoms with E-state index in [-0.39, 0.29) is 11.7 Å². The number of aromatic nitrogens is 2. The Morgan fingerprint density at radius 1 is 1.48 bits per heavy atom. The first-order valence-electron chi connectivity index (χ1n) is 7.53. The lowest BCUT2D eigenvalue weighted by Gasteiger charge is -2.35. The summed E-state index contributed by atoms with van der Waals surface area (Å²) in [6, 6.07) is 0.610. The average molecular weight is 296 g/mol. The molecule has 1 aromatic heterocycles. The summed E-state index contributed by atoms with van der Waals surface area (Å²) in [7, 11) is 1.72. The normalized spacial score (nSPS) is 17.3. The van der Waals surface area contributed by atoms with Gasteiger partial charge in [0.15, 0.2) is 0 Å². The molecular formula is C14H24N4O3. The van der Waals surface area contributed by atoms with E-state index in [1.807, 2.05) is 0 Å². The van der Waals surface area contributed by atoms with E-state index in [1.54, 1.807) is 11.9 Å². The lowest BCUT2D eigenvalue weighted by Crippen LogP contribution is -2.39. The molecule has 0 saturated carbocycles. The maximum Gasteiger partial charge on any atom is 0.439 e. The molecule has 118 valence electrons. The van der Waals surface area contributed by atoms with Gasteiger partial charge in [-0.15, -0.1) is 0 Å². The highest BCUT2D eigenvalue weighted by atomic mass is 16.5. The zero-order chi connectivity index (χ0) is 15.4. The van der Waals surface area contributed by atoms with Gasteiger partial charge in [0.25, 0.3) is 5.91 Å². The van der Waals surface area contributed by atoms with E-state index in [0.717, 1.165) is 19.5 Å². The van der Waals surface area contributed by atoms with Gasteiger partial charge in [0, 0.05) is 19.6 Å². The first-order chi connectivity index (χ1) is 9.97. The van der Waals surface area contributed by atoms with Gasteiger partial charge in [0.1, 0.15) is 0 Å². The quantitative estimate of drug-likeness (QED) is 0.874. The van der Waals surface area contributed by atoms with E-state index in [4.69, 9.17) is 0 Å². The molecule has 1 aliphatic rings. The van der Waals surface area contributed by atoms with Gasteiger partial charge in [-0.3, -0.25) is 14.3 Å². The largest absolute Gasteiger partial charge is 0.439 e. The van der Waals surface area contributed by atoms with Crippen LogP contribution in [0.15, 0.2) is 9.32 Å². The summed E-state index contributed by atoms with van der Waals surface area (Å²) in [6.45, 7) is 7.39. The Labute approximate surface area is 124 Å². The Bertz CT molecular complexity index is 514. The van der Waals surface area contributed by atoms with Gasteiger partial charge in [-0.05, 0) is 57.3 Å². The van der Waals surface area contributed by atoms with E-state index in [9.17, 15) is 9.59 Å². The number of nitrogens with zero attached hydrogens (tertiary/aromatic N) is 3. The molecule has 7 nitrogen and oxygen atoms in total. The van der Waals surface area contributed by atoms with Crippen LogP contribution < -0.4 is 5.76 Å². The molecule has 1 aromatic rings. The van der Waals surface area contributed by atoms with Crippen LogP contribution in [0.25, 0.3) is 0 Å². The van der Waals surface area contributed by atoms with Crippen molar-refractivity contribution in [3.8, 4) is 0 Å². The number of aromatic amines is 1. The summed E-state index contributed by atoms with van der Waals surface area (Å²) in [6.07, 6.45) is 3.35. The number of H-pyrrole nitrogens is 1. The van der Waals surface area contributed by atoms with Crippen LogP contribution in [0.3, 0.4) is 0 Å². The van der Waals surface area contributed by atoms with Crippen molar-refractivity contribution >= 4 is 5.91 Å². The van der Waals surface area contributed by atoms with E-state index in [2.05, 4.69) is 33.4 Å². The second-order valence-corrected chi connectivity index (χ2v) is 6.03. The van der Waals surface area contributed by atoms with Crippen molar-refractivity contribution in [3.05, 3.63) is 16.4 Å². The standard InChI is InChI=1S/C14H24N4O3/c1-10(2)18-8-5-11(6-9-18)4-7-17(3)13(19)12-15-14(20)21-16-12/h10-11H,4-9H2,1-3H3,(H,15,16,20). The predicted octanol–water partition coefficient (Wildman–Crippen LogP) is 0.945. The Morgan fingerprint density at radius 3 is 2.67 bits per heavy atom. The fourth-order valence-corrected chi connectivity index (χ4v) is 2.74. The second-order valence-electron chi connectivity index (χ2n) is 6.03. The predicted molar refractivity (Wildman–Crippen MR) is 78.1 cm³/mol. The molecule has 0 radical (unpaired) electrons. The molecule has 21 heavy (non-hydrogen) atoms. The average Bonchev–Trinajstić information content (AvgIpc) is 2.91. The highest BCUT2D eigenvalue weighted by Crippen LogP contribution is 2.22. The molecule has 1 fully saturated rings. The Hall–Kier alpha value is -1.63. The van der Waals surface area contributed by atoms with Crippen molar-refractivity contribution in [2.24, 2.45) is 5.92 Å². The SMILES string of the molecule is CC(C)N1CCC(CCN(C)C(=O)c2noc(=O)[nH]2)CC1. The maximum atomic E-state index is 12.0. The van der Waals surface area contributed by atoms with Gasteiger partial charge < -0.3 is 9.80 Å². The summed E-state index contributed by atoms with van der Waals surface area (Å²) < 4.78 is 4.35. The molecule has 0 spiro atoms. The minimum atomic E-state index is -0.701. The molecule has 1 amide bonds. The highest BCUT2D eigenvalue weighted by molar-refractivity contribution is 5.89. The summed E-state index contributed by atoms with van der Waals surface area (Å²) >= 11 is 0. The number of carbonyl (C=O) groups is 1. The van der Waals surface area contributed by atoms with Gasteiger partial charge in [0.2, 0.25) is 5.82 Å². The molecule has 0 atom stereocenters. The number of piperidine rings is 1. The molecule has 1 N–H and O–H groups in total. The Morgan fingerprint density at radius 2 is 2.14 bits per heavy atom. The van der Waals surface area contributed by atoms with Gasteiger partial charge in [-0.25, -0.2) is 4.79 Å². The van der Waals surface area contributed by atoms with Crippen molar-refractivity contribution in [2.45, 2.75) is 39.2 Å². The van der Waals surface area contributed by atoms with Crippen LogP contribution in [-0.4, -0.2) is 58.6 Å². The van der Waals surface area contributed by atoms with Gasteiger partial charge in [-0.2, -0.15) is 0 Å². The molecule has 0 bridgehead atoms. The van der Waals surface area contributed by atoms with Crippen LogP contribution in [0, 0.1) is 5.92 Å². The third-order valence-electron chi connectivity index (χ3n) is 4.24. The smallest absolute Gasteiger partial charge is 0.339 e. The molecule has 0 aliphatic carbocycles. The summed E-state index contributed by atoms with van der Waals surface area (Å²) in [5.41, 5.74) is 0. The van der Waals surface area contributed by atoms with E-state index in [1.165, 1.54) is 12.8 Å². The topological polar surface area (TPSA) is 82.4 Å². The lowest BCUT2D eigenvalue weighted by molar-refractivity contribution is 0.0758. The summed E-state index contributed by atoms with van der Waals surface area (Å²) in [5.74, 6) is -0.378. The Balaban J connectivity index is 1.76. The van der Waals surface area contributed by atoms with E-state index < -0.39 is 5.76 Å².